The molecule has 0 amide bonds. The molecule has 0 aromatic rings. The molecular weight excluding hydrogens is 448 g/mol. The SMILES string of the molecule is C#CCOC12CC3CC(C1)CC(OCC#C)(C3)C2.C#CCOC12CC3CC(C1)CC(OCC#C)(C3)C2. The lowest BCUT2D eigenvalue weighted by Crippen LogP contribution is -2.61. The lowest BCUT2D eigenvalue weighted by Gasteiger charge is -2.61. The smallest absolute Gasteiger partial charge is 0.108 e. The van der Waals surface area contributed by atoms with Gasteiger partial charge in [-0.15, -0.1) is 25.7 Å². The van der Waals surface area contributed by atoms with Crippen molar-refractivity contribution < 1.29 is 18.9 Å². The Balaban J connectivity index is 0.000000148. The van der Waals surface area contributed by atoms with Crippen molar-refractivity contribution in [3.8, 4) is 49.4 Å². The molecule has 0 spiro atoms. The standard InChI is InChI=1S/2C16H20O2/c2*1-3-5-17-15-8-13-7-14(9-15)11-16(10-13,12-15)18-6-4-2/h2*1-2,13-14H,5-12H2. The third-order valence-electron chi connectivity index (χ3n) is 9.75. The number of ether oxygens (including phenoxy) is 4. The van der Waals surface area contributed by atoms with E-state index >= 15 is 0 Å². The monoisotopic (exact) mass is 488 g/mol. The van der Waals surface area contributed by atoms with Gasteiger partial charge in [0.15, 0.2) is 0 Å². The Hall–Kier alpha value is -1.92. The van der Waals surface area contributed by atoms with E-state index in [4.69, 9.17) is 44.6 Å². The molecule has 8 rings (SSSR count). The predicted octanol–water partition coefficient (Wildman–Crippen LogP) is 4.75. The van der Waals surface area contributed by atoms with Gasteiger partial charge in [-0.25, -0.2) is 0 Å². The van der Waals surface area contributed by atoms with Gasteiger partial charge in [-0.3, -0.25) is 0 Å². The maximum Gasteiger partial charge on any atom is 0.108 e. The third-order valence-corrected chi connectivity index (χ3v) is 9.75. The van der Waals surface area contributed by atoms with E-state index in [9.17, 15) is 0 Å². The molecule has 0 saturated heterocycles. The Bertz CT molecular complexity index is 804. The van der Waals surface area contributed by atoms with Crippen LogP contribution in [0.15, 0.2) is 0 Å². The number of terminal acetylenes is 4. The van der Waals surface area contributed by atoms with Crippen LogP contribution in [0.5, 0.6) is 0 Å². The molecule has 192 valence electrons. The van der Waals surface area contributed by atoms with Crippen molar-refractivity contribution in [3.05, 3.63) is 0 Å². The molecule has 0 N–H and O–H groups in total. The second-order valence-corrected chi connectivity index (χ2v) is 12.6. The van der Waals surface area contributed by atoms with Crippen LogP contribution in [-0.4, -0.2) is 48.8 Å². The molecule has 36 heavy (non-hydrogen) atoms. The number of hydrogen-bond donors (Lipinski definition) is 0. The first-order valence-electron chi connectivity index (χ1n) is 13.7. The zero-order valence-electron chi connectivity index (χ0n) is 21.6. The van der Waals surface area contributed by atoms with E-state index in [0.29, 0.717) is 26.4 Å². The molecule has 8 aliphatic carbocycles. The highest BCUT2D eigenvalue weighted by Gasteiger charge is 2.60. The van der Waals surface area contributed by atoms with Gasteiger partial charge in [0.25, 0.3) is 0 Å². The van der Waals surface area contributed by atoms with Gasteiger partial charge in [-0.2, -0.15) is 0 Å². The third kappa shape index (κ3) is 5.08. The van der Waals surface area contributed by atoms with E-state index in [0.717, 1.165) is 87.9 Å². The second-order valence-electron chi connectivity index (χ2n) is 12.6. The molecule has 0 unspecified atom stereocenters. The first-order valence-corrected chi connectivity index (χ1v) is 13.7. The lowest BCUT2D eigenvalue weighted by atomic mass is 9.52. The molecule has 0 radical (unpaired) electrons. The van der Waals surface area contributed by atoms with Crippen molar-refractivity contribution in [2.24, 2.45) is 23.7 Å². The van der Waals surface area contributed by atoms with Crippen molar-refractivity contribution in [1.29, 1.82) is 0 Å². The Kier molecular flexibility index (Phi) is 7.21. The van der Waals surface area contributed by atoms with Crippen molar-refractivity contribution in [2.75, 3.05) is 26.4 Å². The summed E-state index contributed by atoms with van der Waals surface area (Å²) in [5.74, 6) is 13.4. The molecule has 4 nitrogen and oxygen atoms in total. The van der Waals surface area contributed by atoms with Crippen LogP contribution in [0, 0.1) is 73.0 Å². The van der Waals surface area contributed by atoms with Crippen molar-refractivity contribution in [3.63, 3.8) is 0 Å². The minimum atomic E-state index is -0.0228. The summed E-state index contributed by atoms with van der Waals surface area (Å²) in [6.45, 7) is 1.69. The fourth-order valence-electron chi connectivity index (χ4n) is 9.65. The van der Waals surface area contributed by atoms with Gasteiger partial charge in [0.05, 0.1) is 22.4 Å². The first-order chi connectivity index (χ1) is 17.4. The van der Waals surface area contributed by atoms with E-state index in [1.165, 1.54) is 12.8 Å². The van der Waals surface area contributed by atoms with E-state index in [-0.39, 0.29) is 22.4 Å². The van der Waals surface area contributed by atoms with Crippen LogP contribution >= 0.6 is 0 Å². The summed E-state index contributed by atoms with van der Waals surface area (Å²) < 4.78 is 24.1. The maximum atomic E-state index is 6.03. The van der Waals surface area contributed by atoms with Crippen LogP contribution in [0.3, 0.4) is 0 Å². The van der Waals surface area contributed by atoms with Gasteiger partial charge in [0.2, 0.25) is 0 Å². The molecule has 8 aliphatic rings. The zero-order valence-corrected chi connectivity index (χ0v) is 21.6. The maximum absolute atomic E-state index is 6.03. The molecule has 0 aromatic carbocycles. The largest absolute Gasteiger partial charge is 0.362 e. The first kappa shape index (κ1) is 25.7. The summed E-state index contributed by atoms with van der Waals surface area (Å²) in [6.07, 6.45) is 35.3. The van der Waals surface area contributed by atoms with E-state index in [1.807, 2.05) is 0 Å². The summed E-state index contributed by atoms with van der Waals surface area (Å²) in [5.41, 5.74) is -0.0911. The minimum absolute atomic E-state index is 0.0228. The summed E-state index contributed by atoms with van der Waals surface area (Å²) in [6, 6.07) is 0. The van der Waals surface area contributed by atoms with Gasteiger partial charge in [0.1, 0.15) is 26.4 Å². The lowest BCUT2D eigenvalue weighted by molar-refractivity contribution is -0.229. The molecule has 0 aromatic heterocycles. The van der Waals surface area contributed by atoms with E-state index < -0.39 is 0 Å². The molecule has 0 atom stereocenters. The Labute approximate surface area is 217 Å². The predicted molar refractivity (Wildman–Crippen MR) is 139 cm³/mol. The van der Waals surface area contributed by atoms with Crippen molar-refractivity contribution >= 4 is 0 Å². The highest BCUT2D eigenvalue weighted by molar-refractivity contribution is 5.13. The summed E-state index contributed by atoms with van der Waals surface area (Å²) in [4.78, 5) is 0. The van der Waals surface area contributed by atoms with Crippen LogP contribution in [0.25, 0.3) is 0 Å². The van der Waals surface area contributed by atoms with Gasteiger partial charge >= 0.3 is 0 Å². The van der Waals surface area contributed by atoms with E-state index in [1.54, 1.807) is 0 Å². The molecule has 0 heterocycles. The quantitative estimate of drug-likeness (QED) is 0.462. The highest BCUT2D eigenvalue weighted by atomic mass is 16.5. The van der Waals surface area contributed by atoms with Gasteiger partial charge < -0.3 is 18.9 Å². The molecule has 4 heteroatoms. The molecule has 8 saturated carbocycles. The van der Waals surface area contributed by atoms with Crippen LogP contribution in [0.4, 0.5) is 0 Å². The summed E-state index contributed by atoms with van der Waals surface area (Å²) >= 11 is 0. The molecule has 8 fully saturated rings. The average molecular weight is 489 g/mol. The van der Waals surface area contributed by atoms with Crippen molar-refractivity contribution in [2.45, 2.75) is 99.5 Å². The summed E-state index contributed by atoms with van der Waals surface area (Å²) in [5, 5.41) is 0. The Morgan fingerprint density at radius 1 is 0.444 bits per heavy atom. The Morgan fingerprint density at radius 3 is 0.861 bits per heavy atom. The Morgan fingerprint density at radius 2 is 0.667 bits per heavy atom. The van der Waals surface area contributed by atoms with Crippen LogP contribution in [-0.2, 0) is 18.9 Å². The normalized spacial score (nSPS) is 44.6. The van der Waals surface area contributed by atoms with Gasteiger partial charge in [-0.1, -0.05) is 23.7 Å². The van der Waals surface area contributed by atoms with Crippen LogP contribution < -0.4 is 0 Å². The van der Waals surface area contributed by atoms with Crippen molar-refractivity contribution in [1.82, 2.24) is 0 Å². The van der Waals surface area contributed by atoms with Crippen LogP contribution in [0.1, 0.15) is 77.0 Å². The highest BCUT2D eigenvalue weighted by Crippen LogP contribution is 2.61. The zero-order chi connectivity index (χ0) is 25.3. The van der Waals surface area contributed by atoms with Gasteiger partial charge in [-0.05, 0) is 87.9 Å². The fraction of sp³-hybridized carbons (Fsp3) is 0.750. The minimum Gasteiger partial charge on any atom is -0.362 e. The summed E-state index contributed by atoms with van der Waals surface area (Å²) in [7, 11) is 0. The average Bonchev–Trinajstić information content (AvgIpc) is 2.83. The van der Waals surface area contributed by atoms with Gasteiger partial charge in [0, 0.05) is 12.8 Å². The van der Waals surface area contributed by atoms with E-state index in [2.05, 4.69) is 23.7 Å². The number of hydrogen-bond acceptors (Lipinski definition) is 4. The second kappa shape index (κ2) is 10.1. The molecule has 0 aliphatic heterocycles. The molecular formula is C32H40O4. The molecule has 8 bridgehead atoms. The number of rotatable bonds is 8. The van der Waals surface area contributed by atoms with Crippen LogP contribution in [0.2, 0.25) is 0 Å². The fourth-order valence-corrected chi connectivity index (χ4v) is 9.65. The topological polar surface area (TPSA) is 36.9 Å².